The summed E-state index contributed by atoms with van der Waals surface area (Å²) in [6.45, 7) is 9.70. The highest BCUT2D eigenvalue weighted by molar-refractivity contribution is 5.86. The molecule has 1 heterocycles. The minimum atomic E-state index is -0.296. The average molecular weight is 506 g/mol. The number of fused-ring (bicyclic) bond motifs is 1. The normalized spacial score (nSPS) is 14.5. The molecule has 2 amide bonds. The predicted molar refractivity (Wildman–Crippen MR) is 146 cm³/mol. The standard InChI is InChI=1S/C31H40FN3O2/c1-22(18-31(2,3)4)17-29(36)35(26-13-14-26)21-30(37)34(20-23-9-11-25(32)12-10-23)16-15-24-19-33-28-8-6-5-7-27(24)28/h5-12,19,22,26,33H,13-18,20-21H2,1-4H3. The van der Waals surface area contributed by atoms with Gasteiger partial charge in [-0.2, -0.15) is 0 Å². The Morgan fingerprint density at radius 1 is 1.05 bits per heavy atom. The van der Waals surface area contributed by atoms with Crippen LogP contribution in [0.4, 0.5) is 4.39 Å². The molecule has 3 aromatic rings. The number of aromatic nitrogens is 1. The summed E-state index contributed by atoms with van der Waals surface area (Å²) in [7, 11) is 0. The van der Waals surface area contributed by atoms with Crippen molar-refractivity contribution in [3.63, 3.8) is 0 Å². The predicted octanol–water partition coefficient (Wildman–Crippen LogP) is 6.33. The van der Waals surface area contributed by atoms with Crippen LogP contribution in [0, 0.1) is 17.2 Å². The van der Waals surface area contributed by atoms with Crippen LogP contribution in [0.15, 0.2) is 54.7 Å². The number of halogens is 1. The lowest BCUT2D eigenvalue weighted by molar-refractivity contribution is -0.142. The van der Waals surface area contributed by atoms with Gasteiger partial charge in [0.15, 0.2) is 0 Å². The van der Waals surface area contributed by atoms with E-state index in [2.05, 4.69) is 38.7 Å². The van der Waals surface area contributed by atoms with Crippen LogP contribution in [0.1, 0.15) is 64.5 Å². The topological polar surface area (TPSA) is 56.4 Å². The minimum absolute atomic E-state index is 0.0621. The van der Waals surface area contributed by atoms with Crippen LogP contribution in [0.2, 0.25) is 0 Å². The van der Waals surface area contributed by atoms with Gasteiger partial charge < -0.3 is 14.8 Å². The average Bonchev–Trinajstić information content (AvgIpc) is 3.59. The highest BCUT2D eigenvalue weighted by atomic mass is 19.1. The summed E-state index contributed by atoms with van der Waals surface area (Å²) in [5.74, 6) is -0.0183. The zero-order valence-electron chi connectivity index (χ0n) is 22.6. The Balaban J connectivity index is 1.47. The molecule has 2 aromatic carbocycles. The fourth-order valence-electron chi connectivity index (χ4n) is 5.28. The van der Waals surface area contributed by atoms with Gasteiger partial charge in [-0.3, -0.25) is 9.59 Å². The third-order valence-corrected chi connectivity index (χ3v) is 7.06. The van der Waals surface area contributed by atoms with E-state index in [1.807, 2.05) is 34.2 Å². The first kappa shape index (κ1) is 26.9. The Bertz CT molecular complexity index is 1210. The quantitative estimate of drug-likeness (QED) is 0.331. The van der Waals surface area contributed by atoms with Crippen molar-refractivity contribution in [2.75, 3.05) is 13.1 Å². The lowest BCUT2D eigenvalue weighted by Crippen LogP contribution is -2.44. The molecular weight excluding hydrogens is 465 g/mol. The van der Waals surface area contributed by atoms with Crippen molar-refractivity contribution in [2.24, 2.45) is 11.3 Å². The van der Waals surface area contributed by atoms with Crippen LogP contribution >= 0.6 is 0 Å². The molecule has 1 N–H and O–H groups in total. The van der Waals surface area contributed by atoms with Gasteiger partial charge >= 0.3 is 0 Å². The van der Waals surface area contributed by atoms with E-state index in [9.17, 15) is 14.0 Å². The van der Waals surface area contributed by atoms with Gasteiger partial charge in [0, 0.05) is 42.7 Å². The Labute approximate surface area is 220 Å². The number of carbonyl (C=O) groups excluding carboxylic acids is 2. The molecule has 0 radical (unpaired) electrons. The van der Waals surface area contributed by atoms with E-state index in [4.69, 9.17) is 0 Å². The number of hydrogen-bond donors (Lipinski definition) is 1. The first-order valence-electron chi connectivity index (χ1n) is 13.5. The largest absolute Gasteiger partial charge is 0.361 e. The maximum atomic E-state index is 13.6. The highest BCUT2D eigenvalue weighted by Crippen LogP contribution is 2.31. The molecule has 1 aromatic heterocycles. The Morgan fingerprint density at radius 3 is 2.43 bits per heavy atom. The summed E-state index contributed by atoms with van der Waals surface area (Å²) in [6.07, 6.45) is 6.04. The van der Waals surface area contributed by atoms with Crippen LogP contribution in [-0.2, 0) is 22.6 Å². The smallest absolute Gasteiger partial charge is 0.242 e. The highest BCUT2D eigenvalue weighted by Gasteiger charge is 2.35. The molecule has 198 valence electrons. The molecule has 1 fully saturated rings. The van der Waals surface area contributed by atoms with E-state index in [1.54, 1.807) is 12.1 Å². The maximum Gasteiger partial charge on any atom is 0.242 e. The lowest BCUT2D eigenvalue weighted by Gasteiger charge is -2.29. The first-order chi connectivity index (χ1) is 17.6. The number of nitrogens with zero attached hydrogens (tertiary/aromatic N) is 2. The minimum Gasteiger partial charge on any atom is -0.361 e. The van der Waals surface area contributed by atoms with Crippen molar-refractivity contribution in [1.82, 2.24) is 14.8 Å². The molecule has 0 spiro atoms. The molecular formula is C31H40FN3O2. The summed E-state index contributed by atoms with van der Waals surface area (Å²) in [6, 6.07) is 14.6. The van der Waals surface area contributed by atoms with Crippen LogP contribution in [0.25, 0.3) is 10.9 Å². The van der Waals surface area contributed by atoms with Gasteiger partial charge in [0.2, 0.25) is 11.8 Å². The van der Waals surface area contributed by atoms with Crippen molar-refractivity contribution < 1.29 is 14.0 Å². The lowest BCUT2D eigenvalue weighted by atomic mass is 9.84. The van der Waals surface area contributed by atoms with Crippen molar-refractivity contribution in [2.45, 2.75) is 72.4 Å². The zero-order chi connectivity index (χ0) is 26.6. The number of carbonyl (C=O) groups is 2. The molecule has 6 heteroatoms. The first-order valence-corrected chi connectivity index (χ1v) is 13.5. The van der Waals surface area contributed by atoms with Crippen molar-refractivity contribution >= 4 is 22.7 Å². The number of H-pyrrole nitrogens is 1. The van der Waals surface area contributed by atoms with Crippen molar-refractivity contribution in [3.8, 4) is 0 Å². The third kappa shape index (κ3) is 7.67. The summed E-state index contributed by atoms with van der Waals surface area (Å²) >= 11 is 0. The number of amides is 2. The molecule has 0 saturated heterocycles. The summed E-state index contributed by atoms with van der Waals surface area (Å²) in [4.78, 5) is 33.9. The fourth-order valence-corrected chi connectivity index (χ4v) is 5.28. The van der Waals surface area contributed by atoms with Gasteiger partial charge in [-0.15, -0.1) is 0 Å². The van der Waals surface area contributed by atoms with E-state index < -0.39 is 0 Å². The molecule has 0 bridgehead atoms. The van der Waals surface area contributed by atoms with Crippen molar-refractivity contribution in [3.05, 3.63) is 71.7 Å². The molecule has 1 aliphatic rings. The molecule has 1 aliphatic carbocycles. The van der Waals surface area contributed by atoms with E-state index >= 15 is 0 Å². The Kier molecular flexibility index (Phi) is 8.35. The maximum absolute atomic E-state index is 13.6. The van der Waals surface area contributed by atoms with Gasteiger partial charge in [-0.25, -0.2) is 4.39 Å². The fraction of sp³-hybridized carbons (Fsp3) is 0.484. The molecule has 37 heavy (non-hydrogen) atoms. The number of benzene rings is 2. The Hall–Kier alpha value is -3.15. The van der Waals surface area contributed by atoms with E-state index in [-0.39, 0.29) is 41.6 Å². The van der Waals surface area contributed by atoms with Crippen LogP contribution in [0.3, 0.4) is 0 Å². The number of para-hydroxylation sites is 1. The summed E-state index contributed by atoms with van der Waals surface area (Å²) < 4.78 is 13.5. The molecule has 5 nitrogen and oxygen atoms in total. The van der Waals surface area contributed by atoms with Crippen LogP contribution < -0.4 is 0 Å². The second-order valence-corrected chi connectivity index (χ2v) is 11.9. The van der Waals surface area contributed by atoms with Gasteiger partial charge in [0.25, 0.3) is 0 Å². The van der Waals surface area contributed by atoms with Crippen LogP contribution in [-0.4, -0.2) is 45.7 Å². The Morgan fingerprint density at radius 2 is 1.76 bits per heavy atom. The molecule has 1 saturated carbocycles. The second kappa shape index (κ2) is 11.5. The summed E-state index contributed by atoms with van der Waals surface area (Å²) in [5.41, 5.74) is 3.26. The molecule has 4 rings (SSSR count). The molecule has 0 aliphatic heterocycles. The molecule has 1 atom stereocenters. The second-order valence-electron chi connectivity index (χ2n) is 11.9. The van der Waals surface area contributed by atoms with Gasteiger partial charge in [0.05, 0.1) is 0 Å². The van der Waals surface area contributed by atoms with E-state index in [1.165, 1.54) is 12.1 Å². The number of nitrogens with one attached hydrogen (secondary N) is 1. The monoisotopic (exact) mass is 505 g/mol. The SMILES string of the molecule is CC(CC(=O)N(CC(=O)N(CCc1c[nH]c2ccccc12)Cc1ccc(F)cc1)C1CC1)CC(C)(C)C. The van der Waals surface area contributed by atoms with E-state index in [0.717, 1.165) is 41.3 Å². The van der Waals surface area contributed by atoms with Crippen LogP contribution in [0.5, 0.6) is 0 Å². The summed E-state index contributed by atoms with van der Waals surface area (Å²) in [5, 5.41) is 1.15. The third-order valence-electron chi connectivity index (χ3n) is 7.06. The van der Waals surface area contributed by atoms with Crippen molar-refractivity contribution in [1.29, 1.82) is 0 Å². The number of hydrogen-bond acceptors (Lipinski definition) is 2. The number of rotatable bonds is 11. The molecule has 1 unspecified atom stereocenters. The number of aromatic amines is 1. The van der Waals surface area contributed by atoms with Gasteiger partial charge in [-0.1, -0.05) is 58.0 Å². The van der Waals surface area contributed by atoms with E-state index in [0.29, 0.717) is 25.9 Å². The van der Waals surface area contributed by atoms with Gasteiger partial charge in [0.1, 0.15) is 12.4 Å². The zero-order valence-corrected chi connectivity index (χ0v) is 22.6. The van der Waals surface area contributed by atoms with Gasteiger partial charge in [-0.05, 0) is 66.3 Å².